The van der Waals surface area contributed by atoms with Crippen molar-refractivity contribution in [1.29, 1.82) is 0 Å². The molecule has 0 radical (unpaired) electrons. The zero-order valence-electron chi connectivity index (χ0n) is 9.57. The average Bonchev–Trinajstić information content (AvgIpc) is 2.36. The molecule has 6 heteroatoms. The Morgan fingerprint density at radius 2 is 2.00 bits per heavy atom. The van der Waals surface area contributed by atoms with Gasteiger partial charge in [-0.2, -0.15) is 4.98 Å². The summed E-state index contributed by atoms with van der Waals surface area (Å²) < 4.78 is 13.8. The van der Waals surface area contributed by atoms with Crippen molar-refractivity contribution in [2.24, 2.45) is 0 Å². The summed E-state index contributed by atoms with van der Waals surface area (Å²) in [6.45, 7) is 2.38. The van der Waals surface area contributed by atoms with Gasteiger partial charge in [0.05, 0.1) is 11.9 Å². The first-order chi connectivity index (χ1) is 8.63. The molecule has 18 heavy (non-hydrogen) atoms. The lowest BCUT2D eigenvalue weighted by Crippen LogP contribution is -2.19. The fourth-order valence-corrected chi connectivity index (χ4v) is 1.95. The van der Waals surface area contributed by atoms with Gasteiger partial charge < -0.3 is 4.90 Å². The van der Waals surface area contributed by atoms with Crippen LogP contribution in [0.2, 0.25) is 10.3 Å². The summed E-state index contributed by atoms with van der Waals surface area (Å²) >= 11 is 11.8. The maximum atomic E-state index is 13.8. The van der Waals surface area contributed by atoms with Gasteiger partial charge in [-0.3, -0.25) is 0 Å². The van der Waals surface area contributed by atoms with Gasteiger partial charge in [-0.15, -0.1) is 0 Å². The minimum atomic E-state index is -0.342. The molecular formula is C12H10Cl2FN3. The van der Waals surface area contributed by atoms with E-state index in [1.165, 1.54) is 12.3 Å². The molecule has 0 aliphatic rings. The van der Waals surface area contributed by atoms with Crippen LogP contribution in [0.4, 0.5) is 15.9 Å². The summed E-state index contributed by atoms with van der Waals surface area (Å²) in [5.41, 5.74) is 0.400. The molecule has 94 valence electrons. The van der Waals surface area contributed by atoms with Crippen molar-refractivity contribution in [2.75, 3.05) is 11.4 Å². The molecule has 0 fully saturated rings. The zero-order valence-corrected chi connectivity index (χ0v) is 11.1. The van der Waals surface area contributed by atoms with Gasteiger partial charge in [0.1, 0.15) is 10.8 Å². The maximum Gasteiger partial charge on any atom is 0.224 e. The van der Waals surface area contributed by atoms with Gasteiger partial charge >= 0.3 is 0 Å². The first-order valence-corrected chi connectivity index (χ1v) is 6.09. The molecule has 0 spiro atoms. The summed E-state index contributed by atoms with van der Waals surface area (Å²) in [5, 5.41) is 0.397. The minimum absolute atomic E-state index is 0.0733. The summed E-state index contributed by atoms with van der Waals surface area (Å²) in [5.74, 6) is 0.0504. The molecule has 0 saturated heterocycles. The Bertz CT molecular complexity index is 563. The highest BCUT2D eigenvalue weighted by molar-refractivity contribution is 6.33. The van der Waals surface area contributed by atoms with Crippen LogP contribution in [0.5, 0.6) is 0 Å². The number of aromatic nitrogens is 2. The summed E-state index contributed by atoms with van der Waals surface area (Å²) in [6, 6.07) is 6.42. The third-order valence-corrected chi connectivity index (χ3v) is 2.86. The number of halogens is 3. The van der Waals surface area contributed by atoms with E-state index in [0.717, 1.165) is 0 Å². The lowest BCUT2D eigenvalue weighted by atomic mass is 10.2. The lowest BCUT2D eigenvalue weighted by molar-refractivity contribution is 0.625. The molecule has 0 amide bonds. The van der Waals surface area contributed by atoms with Gasteiger partial charge in [0, 0.05) is 6.54 Å². The van der Waals surface area contributed by atoms with Crippen LogP contribution in [-0.2, 0) is 0 Å². The topological polar surface area (TPSA) is 29.0 Å². The molecule has 3 nitrogen and oxygen atoms in total. The molecule has 0 bridgehead atoms. The van der Waals surface area contributed by atoms with Crippen molar-refractivity contribution in [3.63, 3.8) is 0 Å². The van der Waals surface area contributed by atoms with Crippen molar-refractivity contribution in [1.82, 2.24) is 9.97 Å². The minimum Gasteiger partial charge on any atom is -0.323 e. The molecule has 2 rings (SSSR count). The van der Waals surface area contributed by atoms with Crippen molar-refractivity contribution in [3.8, 4) is 0 Å². The van der Waals surface area contributed by atoms with Crippen molar-refractivity contribution < 1.29 is 4.39 Å². The van der Waals surface area contributed by atoms with Crippen LogP contribution in [0.15, 0.2) is 30.5 Å². The molecule has 2 aromatic rings. The van der Waals surface area contributed by atoms with Crippen LogP contribution < -0.4 is 4.90 Å². The van der Waals surface area contributed by atoms with Gasteiger partial charge in [-0.05, 0) is 30.7 Å². The van der Waals surface area contributed by atoms with E-state index in [4.69, 9.17) is 23.2 Å². The second-order valence-corrected chi connectivity index (χ2v) is 4.25. The second-order valence-electron chi connectivity index (χ2n) is 3.51. The number of hydrogen-bond acceptors (Lipinski definition) is 3. The van der Waals surface area contributed by atoms with E-state index in [-0.39, 0.29) is 11.1 Å². The first-order valence-electron chi connectivity index (χ1n) is 5.33. The van der Waals surface area contributed by atoms with E-state index < -0.39 is 0 Å². The third-order valence-electron chi connectivity index (χ3n) is 2.41. The molecule has 1 aromatic carbocycles. The quantitative estimate of drug-likeness (QED) is 0.796. The number of hydrogen-bond donors (Lipinski definition) is 0. The van der Waals surface area contributed by atoms with Gasteiger partial charge in [0.25, 0.3) is 0 Å². The SMILES string of the molecule is CCN(c1ccccc1F)c1nc(Cl)ncc1Cl. The molecule has 0 atom stereocenters. The van der Waals surface area contributed by atoms with Crippen molar-refractivity contribution in [3.05, 3.63) is 46.6 Å². The summed E-state index contributed by atoms with van der Waals surface area (Å²) in [7, 11) is 0. The van der Waals surface area contributed by atoms with E-state index in [0.29, 0.717) is 23.1 Å². The van der Waals surface area contributed by atoms with E-state index in [1.54, 1.807) is 23.1 Å². The molecule has 1 aromatic heterocycles. The highest BCUT2D eigenvalue weighted by Gasteiger charge is 2.16. The molecule has 0 N–H and O–H groups in total. The molecule has 0 saturated carbocycles. The highest BCUT2D eigenvalue weighted by atomic mass is 35.5. The number of rotatable bonds is 3. The number of benzene rings is 1. The lowest BCUT2D eigenvalue weighted by Gasteiger charge is -2.23. The Morgan fingerprint density at radius 3 is 2.67 bits per heavy atom. The van der Waals surface area contributed by atoms with E-state index in [2.05, 4.69) is 9.97 Å². The zero-order chi connectivity index (χ0) is 13.1. The smallest absolute Gasteiger partial charge is 0.224 e. The highest BCUT2D eigenvalue weighted by Crippen LogP contribution is 2.31. The Kier molecular flexibility index (Phi) is 3.99. The van der Waals surface area contributed by atoms with Crippen LogP contribution in [0.25, 0.3) is 0 Å². The van der Waals surface area contributed by atoms with E-state index in [9.17, 15) is 4.39 Å². The average molecular weight is 286 g/mol. The maximum absolute atomic E-state index is 13.8. The predicted molar refractivity (Wildman–Crippen MR) is 71.1 cm³/mol. The van der Waals surface area contributed by atoms with Gasteiger partial charge in [0.15, 0.2) is 5.82 Å². The predicted octanol–water partition coefficient (Wildman–Crippen LogP) is 4.08. The van der Waals surface area contributed by atoms with Gasteiger partial charge in [-0.1, -0.05) is 23.7 Å². The van der Waals surface area contributed by atoms with E-state index in [1.807, 2.05) is 6.92 Å². The number of anilines is 2. The number of nitrogens with zero attached hydrogens (tertiary/aromatic N) is 3. The third kappa shape index (κ3) is 2.54. The van der Waals surface area contributed by atoms with E-state index >= 15 is 0 Å². The van der Waals surface area contributed by atoms with Gasteiger partial charge in [0.2, 0.25) is 5.28 Å². The molecular weight excluding hydrogens is 276 g/mol. The molecule has 0 unspecified atom stereocenters. The Hall–Kier alpha value is -1.39. The fraction of sp³-hybridized carbons (Fsp3) is 0.167. The van der Waals surface area contributed by atoms with Crippen LogP contribution in [0.1, 0.15) is 6.92 Å². The summed E-state index contributed by atoms with van der Waals surface area (Å²) in [6.07, 6.45) is 1.40. The van der Waals surface area contributed by atoms with Crippen LogP contribution in [0.3, 0.4) is 0 Å². The normalized spacial score (nSPS) is 10.4. The van der Waals surface area contributed by atoms with Gasteiger partial charge in [-0.25, -0.2) is 9.37 Å². The van der Waals surface area contributed by atoms with Crippen molar-refractivity contribution >= 4 is 34.7 Å². The number of para-hydroxylation sites is 1. The Morgan fingerprint density at radius 1 is 1.28 bits per heavy atom. The van der Waals surface area contributed by atoms with Crippen LogP contribution in [0, 0.1) is 5.82 Å². The van der Waals surface area contributed by atoms with Crippen molar-refractivity contribution in [2.45, 2.75) is 6.92 Å². The monoisotopic (exact) mass is 285 g/mol. The molecule has 0 aliphatic heterocycles. The first kappa shape index (κ1) is 13.1. The largest absolute Gasteiger partial charge is 0.323 e. The summed E-state index contributed by atoms with van der Waals surface area (Å²) in [4.78, 5) is 9.46. The van der Waals surface area contributed by atoms with Crippen LogP contribution in [-0.4, -0.2) is 16.5 Å². The van der Waals surface area contributed by atoms with Crippen LogP contribution >= 0.6 is 23.2 Å². The Labute approximate surface area is 114 Å². The fourth-order valence-electron chi connectivity index (χ4n) is 1.63. The second kappa shape index (κ2) is 5.50. The molecule has 0 aliphatic carbocycles. The Balaban J connectivity index is 2.52. The molecule has 1 heterocycles. The standard InChI is InChI=1S/C12H10Cl2FN3/c1-2-18(10-6-4-3-5-9(10)15)11-8(13)7-16-12(14)17-11/h3-7H,2H2,1H3.